The molecule has 1 aliphatic heterocycles. The molecule has 16 heavy (non-hydrogen) atoms. The van der Waals surface area contributed by atoms with E-state index in [0.29, 0.717) is 6.61 Å². The molecule has 2 aromatic rings. The van der Waals surface area contributed by atoms with Gasteiger partial charge < -0.3 is 9.47 Å². The van der Waals surface area contributed by atoms with Crippen LogP contribution in [0.15, 0.2) is 42.5 Å². The monoisotopic (exact) mass is 214 g/mol. The maximum atomic E-state index is 5.73. The van der Waals surface area contributed by atoms with E-state index < -0.39 is 0 Å². The Balaban J connectivity index is 2.09. The molecule has 2 nitrogen and oxygen atoms in total. The zero-order chi connectivity index (χ0) is 11.0. The molecule has 82 valence electrons. The van der Waals surface area contributed by atoms with Crippen LogP contribution in [0.25, 0.3) is 10.8 Å². The lowest BCUT2D eigenvalue weighted by Crippen LogP contribution is -2.03. The van der Waals surface area contributed by atoms with E-state index in [1.807, 2.05) is 25.1 Å². The molecule has 1 saturated heterocycles. The number of hydrogen-bond acceptors (Lipinski definition) is 2. The van der Waals surface area contributed by atoms with Crippen LogP contribution >= 0.6 is 0 Å². The Bertz CT molecular complexity index is 502. The van der Waals surface area contributed by atoms with Crippen LogP contribution in [0.1, 0.15) is 18.8 Å². The van der Waals surface area contributed by atoms with Crippen molar-refractivity contribution in [1.29, 1.82) is 0 Å². The summed E-state index contributed by atoms with van der Waals surface area (Å²) in [5, 5.41) is 2.44. The molecule has 1 heterocycles. The number of hydrogen-bond donors (Lipinski definition) is 0. The average Bonchev–Trinajstić information content (AvgIpc) is 2.75. The summed E-state index contributed by atoms with van der Waals surface area (Å²) in [7, 11) is 0. The van der Waals surface area contributed by atoms with Crippen LogP contribution in [0.2, 0.25) is 0 Å². The van der Waals surface area contributed by atoms with Crippen molar-refractivity contribution in [2.75, 3.05) is 6.61 Å². The standard InChI is InChI=1S/C14H14O2/c1-10-9-15-14(16-10)13-8-4-6-11-5-2-3-7-12(11)13/h2-8,10,14H,9H2,1H3/t10-,14+/m1/s1. The molecule has 0 radical (unpaired) electrons. The fraction of sp³-hybridized carbons (Fsp3) is 0.286. The summed E-state index contributed by atoms with van der Waals surface area (Å²) in [6.45, 7) is 2.71. The highest BCUT2D eigenvalue weighted by Gasteiger charge is 2.25. The number of rotatable bonds is 1. The number of ether oxygens (including phenoxy) is 2. The summed E-state index contributed by atoms with van der Waals surface area (Å²) in [6, 6.07) is 14.5. The van der Waals surface area contributed by atoms with Crippen molar-refractivity contribution >= 4 is 10.8 Å². The molecule has 1 aliphatic rings. The minimum Gasteiger partial charge on any atom is -0.346 e. The Labute approximate surface area is 94.8 Å². The third kappa shape index (κ3) is 1.60. The molecule has 0 saturated carbocycles. The van der Waals surface area contributed by atoms with E-state index in [4.69, 9.17) is 9.47 Å². The van der Waals surface area contributed by atoms with Gasteiger partial charge in [0.1, 0.15) is 0 Å². The lowest BCUT2D eigenvalue weighted by Gasteiger charge is -2.12. The topological polar surface area (TPSA) is 18.5 Å². The third-order valence-corrected chi connectivity index (χ3v) is 2.92. The molecule has 0 aromatic heterocycles. The van der Waals surface area contributed by atoms with Crippen molar-refractivity contribution in [3.8, 4) is 0 Å². The van der Waals surface area contributed by atoms with Gasteiger partial charge in [-0.2, -0.15) is 0 Å². The first-order valence-electron chi connectivity index (χ1n) is 5.59. The van der Waals surface area contributed by atoms with Crippen LogP contribution in [0, 0.1) is 0 Å². The Morgan fingerprint density at radius 1 is 1.06 bits per heavy atom. The van der Waals surface area contributed by atoms with Crippen LogP contribution in [0.5, 0.6) is 0 Å². The van der Waals surface area contributed by atoms with Gasteiger partial charge in [-0.05, 0) is 17.7 Å². The van der Waals surface area contributed by atoms with E-state index in [9.17, 15) is 0 Å². The van der Waals surface area contributed by atoms with E-state index in [0.717, 1.165) is 5.56 Å². The minimum absolute atomic E-state index is 0.184. The van der Waals surface area contributed by atoms with Crippen molar-refractivity contribution in [2.24, 2.45) is 0 Å². The molecule has 0 amide bonds. The van der Waals surface area contributed by atoms with Gasteiger partial charge in [0.2, 0.25) is 0 Å². The zero-order valence-corrected chi connectivity index (χ0v) is 9.22. The predicted octanol–water partition coefficient (Wildman–Crippen LogP) is 3.27. The molecular weight excluding hydrogens is 200 g/mol. The van der Waals surface area contributed by atoms with Gasteiger partial charge in [0.05, 0.1) is 12.7 Å². The highest BCUT2D eigenvalue weighted by atomic mass is 16.7. The maximum absolute atomic E-state index is 5.73. The second-order valence-corrected chi connectivity index (χ2v) is 4.18. The van der Waals surface area contributed by atoms with Crippen molar-refractivity contribution in [3.05, 3.63) is 48.0 Å². The molecule has 2 atom stereocenters. The highest BCUT2D eigenvalue weighted by molar-refractivity contribution is 5.85. The van der Waals surface area contributed by atoms with Crippen molar-refractivity contribution in [1.82, 2.24) is 0 Å². The summed E-state index contributed by atoms with van der Waals surface area (Å²) in [6.07, 6.45) is -0.0231. The fourth-order valence-electron chi connectivity index (χ4n) is 2.13. The molecule has 0 unspecified atom stereocenters. The van der Waals surface area contributed by atoms with Gasteiger partial charge in [-0.1, -0.05) is 42.5 Å². The van der Waals surface area contributed by atoms with E-state index in [2.05, 4.69) is 24.3 Å². The van der Waals surface area contributed by atoms with Gasteiger partial charge in [-0.15, -0.1) is 0 Å². The third-order valence-electron chi connectivity index (χ3n) is 2.92. The van der Waals surface area contributed by atoms with Crippen LogP contribution in [0.3, 0.4) is 0 Å². The predicted molar refractivity (Wildman–Crippen MR) is 63.2 cm³/mol. The van der Waals surface area contributed by atoms with Gasteiger partial charge in [-0.25, -0.2) is 0 Å². The average molecular weight is 214 g/mol. The summed E-state index contributed by atoms with van der Waals surface area (Å²) in [4.78, 5) is 0. The first kappa shape index (κ1) is 9.82. The van der Waals surface area contributed by atoms with Crippen molar-refractivity contribution < 1.29 is 9.47 Å². The van der Waals surface area contributed by atoms with Gasteiger partial charge in [-0.3, -0.25) is 0 Å². The Kier molecular flexibility index (Phi) is 2.39. The summed E-state index contributed by atoms with van der Waals surface area (Å²) in [5.41, 5.74) is 1.13. The van der Waals surface area contributed by atoms with E-state index >= 15 is 0 Å². The van der Waals surface area contributed by atoms with Crippen LogP contribution in [-0.2, 0) is 9.47 Å². The first-order chi connectivity index (χ1) is 7.84. The van der Waals surface area contributed by atoms with E-state index in [1.165, 1.54) is 10.8 Å². The zero-order valence-electron chi connectivity index (χ0n) is 9.22. The maximum Gasteiger partial charge on any atom is 0.184 e. The van der Waals surface area contributed by atoms with E-state index in [-0.39, 0.29) is 12.4 Å². The molecule has 0 aliphatic carbocycles. The molecule has 0 spiro atoms. The second kappa shape index (κ2) is 3.89. The Morgan fingerprint density at radius 3 is 2.69 bits per heavy atom. The lowest BCUT2D eigenvalue weighted by molar-refractivity contribution is -0.0561. The Morgan fingerprint density at radius 2 is 1.88 bits per heavy atom. The summed E-state index contributed by atoms with van der Waals surface area (Å²) >= 11 is 0. The van der Waals surface area contributed by atoms with Gasteiger partial charge in [0.25, 0.3) is 0 Å². The van der Waals surface area contributed by atoms with Gasteiger partial charge in [0.15, 0.2) is 6.29 Å². The molecular formula is C14H14O2. The second-order valence-electron chi connectivity index (χ2n) is 4.18. The minimum atomic E-state index is -0.207. The largest absolute Gasteiger partial charge is 0.346 e. The molecule has 2 heteroatoms. The van der Waals surface area contributed by atoms with Crippen LogP contribution in [-0.4, -0.2) is 12.7 Å². The molecule has 3 rings (SSSR count). The summed E-state index contributed by atoms with van der Waals surface area (Å²) < 4.78 is 11.4. The van der Waals surface area contributed by atoms with Crippen LogP contribution < -0.4 is 0 Å². The molecule has 0 bridgehead atoms. The SMILES string of the molecule is C[C@@H]1CO[C@H](c2cccc3ccccc23)O1. The number of fused-ring (bicyclic) bond motifs is 1. The summed E-state index contributed by atoms with van der Waals surface area (Å²) in [5.74, 6) is 0. The van der Waals surface area contributed by atoms with Crippen molar-refractivity contribution in [3.63, 3.8) is 0 Å². The van der Waals surface area contributed by atoms with Crippen LogP contribution in [0.4, 0.5) is 0 Å². The van der Waals surface area contributed by atoms with E-state index in [1.54, 1.807) is 0 Å². The smallest absolute Gasteiger partial charge is 0.184 e. The normalized spacial score (nSPS) is 25.1. The molecule has 2 aromatic carbocycles. The fourth-order valence-corrected chi connectivity index (χ4v) is 2.13. The lowest BCUT2D eigenvalue weighted by atomic mass is 10.0. The highest BCUT2D eigenvalue weighted by Crippen LogP contribution is 2.31. The number of benzene rings is 2. The Hall–Kier alpha value is -1.38. The first-order valence-corrected chi connectivity index (χ1v) is 5.59. The van der Waals surface area contributed by atoms with Crippen molar-refractivity contribution in [2.45, 2.75) is 19.3 Å². The quantitative estimate of drug-likeness (QED) is 0.725. The molecule has 0 N–H and O–H groups in total. The van der Waals surface area contributed by atoms with Gasteiger partial charge >= 0.3 is 0 Å². The molecule has 1 fully saturated rings. The van der Waals surface area contributed by atoms with Gasteiger partial charge in [0, 0.05) is 5.56 Å².